The highest BCUT2D eigenvalue weighted by molar-refractivity contribution is 7.99. The Morgan fingerprint density at radius 1 is 1.35 bits per heavy atom. The molecule has 0 bridgehead atoms. The van der Waals surface area contributed by atoms with Gasteiger partial charge in [0.15, 0.2) is 0 Å². The van der Waals surface area contributed by atoms with Crippen molar-refractivity contribution < 1.29 is 14.7 Å². The zero-order valence-electron chi connectivity index (χ0n) is 10.7. The number of rotatable bonds is 3. The quantitative estimate of drug-likeness (QED) is 0.806. The Balaban J connectivity index is 1.87. The van der Waals surface area contributed by atoms with Gasteiger partial charge in [0.05, 0.1) is 0 Å². The Bertz CT molecular complexity index is 641. The highest BCUT2D eigenvalue weighted by Crippen LogP contribution is 2.28. The molecular formula is C14H14N2O3S. The molecule has 0 spiro atoms. The van der Waals surface area contributed by atoms with E-state index in [1.807, 2.05) is 24.3 Å². The molecule has 104 valence electrons. The van der Waals surface area contributed by atoms with Crippen molar-refractivity contribution >= 4 is 34.5 Å². The minimum atomic E-state index is -1.14. The molecule has 2 aromatic rings. The third-order valence-electron chi connectivity index (χ3n) is 3.56. The van der Waals surface area contributed by atoms with E-state index >= 15 is 0 Å². The lowest BCUT2D eigenvalue weighted by atomic mass is 9.99. The lowest BCUT2D eigenvalue weighted by Gasteiger charge is -2.24. The predicted molar refractivity (Wildman–Crippen MR) is 78.1 cm³/mol. The van der Waals surface area contributed by atoms with Gasteiger partial charge in [-0.3, -0.25) is 4.79 Å². The fraction of sp³-hybridized carbons (Fsp3) is 0.286. The number of para-hydroxylation sites is 1. The van der Waals surface area contributed by atoms with Crippen LogP contribution in [0, 0.1) is 0 Å². The number of H-pyrrole nitrogens is 1. The molecule has 1 fully saturated rings. The van der Waals surface area contributed by atoms with Crippen LogP contribution in [0.4, 0.5) is 0 Å². The molecule has 1 aromatic carbocycles. The Morgan fingerprint density at radius 3 is 2.80 bits per heavy atom. The number of thioether (sulfide) groups is 1. The van der Waals surface area contributed by atoms with Gasteiger partial charge in [-0.25, -0.2) is 4.79 Å². The Hall–Kier alpha value is -1.95. The summed E-state index contributed by atoms with van der Waals surface area (Å²) in [5.74, 6) is -0.175. The van der Waals surface area contributed by atoms with Gasteiger partial charge in [-0.05, 0) is 24.3 Å². The molecule has 0 saturated carbocycles. The average Bonchev–Trinajstić information content (AvgIpc) is 3.05. The van der Waals surface area contributed by atoms with E-state index in [1.54, 1.807) is 17.8 Å². The molecule has 1 amide bonds. The van der Waals surface area contributed by atoms with Crippen molar-refractivity contribution in [1.29, 1.82) is 0 Å². The van der Waals surface area contributed by atoms with Crippen LogP contribution in [0.5, 0.6) is 0 Å². The van der Waals surface area contributed by atoms with Crippen molar-refractivity contribution in [1.82, 2.24) is 10.3 Å². The number of nitrogens with one attached hydrogen (secondary N) is 2. The van der Waals surface area contributed by atoms with Crippen LogP contribution in [0.2, 0.25) is 0 Å². The summed E-state index contributed by atoms with van der Waals surface area (Å²) in [6, 6.07) is 9.30. The lowest BCUT2D eigenvalue weighted by Crippen LogP contribution is -2.54. The lowest BCUT2D eigenvalue weighted by molar-refractivity contribution is -0.143. The molecule has 3 N–H and O–H groups in total. The van der Waals surface area contributed by atoms with E-state index in [1.165, 1.54) is 0 Å². The number of carbonyl (C=O) groups is 2. The largest absolute Gasteiger partial charge is 0.479 e. The van der Waals surface area contributed by atoms with Crippen molar-refractivity contribution in [2.75, 3.05) is 11.5 Å². The first kappa shape index (κ1) is 13.1. The SMILES string of the molecule is O=C(NC1(C(=O)O)CCSC1)c1cc2ccccc2[nH]1. The summed E-state index contributed by atoms with van der Waals surface area (Å²) in [6.45, 7) is 0. The van der Waals surface area contributed by atoms with E-state index in [-0.39, 0.29) is 5.91 Å². The smallest absolute Gasteiger partial charge is 0.330 e. The number of hydrogen-bond acceptors (Lipinski definition) is 3. The summed E-state index contributed by atoms with van der Waals surface area (Å²) in [5, 5.41) is 13.0. The molecule has 2 heterocycles. The number of amides is 1. The van der Waals surface area contributed by atoms with Crippen LogP contribution < -0.4 is 5.32 Å². The summed E-state index contributed by atoms with van der Waals surface area (Å²) in [6.07, 6.45) is 0.457. The van der Waals surface area contributed by atoms with Crippen molar-refractivity contribution in [2.24, 2.45) is 0 Å². The molecule has 1 saturated heterocycles. The van der Waals surface area contributed by atoms with Gasteiger partial charge in [0.25, 0.3) is 5.91 Å². The predicted octanol–water partition coefficient (Wildman–Crippen LogP) is 1.86. The average molecular weight is 290 g/mol. The number of benzene rings is 1. The molecule has 1 aromatic heterocycles. The first-order valence-corrected chi connectivity index (χ1v) is 7.48. The standard InChI is InChI=1S/C14H14N2O3S/c17-12(16-14(13(18)19)5-6-20-8-14)11-7-9-3-1-2-4-10(9)15-11/h1-4,7,15H,5-6,8H2,(H,16,17)(H,18,19). The number of aromatic nitrogens is 1. The van der Waals surface area contributed by atoms with Crippen LogP contribution in [0.15, 0.2) is 30.3 Å². The van der Waals surface area contributed by atoms with Gasteiger partial charge < -0.3 is 15.4 Å². The van der Waals surface area contributed by atoms with Crippen molar-refractivity contribution in [3.05, 3.63) is 36.0 Å². The van der Waals surface area contributed by atoms with Gasteiger partial charge in [-0.2, -0.15) is 11.8 Å². The van der Waals surface area contributed by atoms with E-state index in [4.69, 9.17) is 0 Å². The summed E-state index contributed by atoms with van der Waals surface area (Å²) in [7, 11) is 0. The molecule has 1 atom stereocenters. The molecule has 20 heavy (non-hydrogen) atoms. The molecule has 6 heteroatoms. The molecule has 3 rings (SSSR count). The van der Waals surface area contributed by atoms with Crippen LogP contribution in [-0.2, 0) is 4.79 Å². The second kappa shape index (κ2) is 4.86. The molecular weight excluding hydrogens is 276 g/mol. The topological polar surface area (TPSA) is 82.2 Å². The van der Waals surface area contributed by atoms with Crippen LogP contribution in [-0.4, -0.2) is 39.0 Å². The van der Waals surface area contributed by atoms with Gasteiger partial charge in [0.1, 0.15) is 11.2 Å². The van der Waals surface area contributed by atoms with Crippen molar-refractivity contribution in [3.8, 4) is 0 Å². The van der Waals surface area contributed by atoms with E-state index in [2.05, 4.69) is 10.3 Å². The van der Waals surface area contributed by atoms with Gasteiger partial charge in [-0.15, -0.1) is 0 Å². The maximum Gasteiger partial charge on any atom is 0.330 e. The maximum absolute atomic E-state index is 12.3. The number of hydrogen-bond donors (Lipinski definition) is 3. The summed E-state index contributed by atoms with van der Waals surface area (Å²) in [4.78, 5) is 26.7. The van der Waals surface area contributed by atoms with E-state index < -0.39 is 11.5 Å². The number of carboxylic acids is 1. The number of fused-ring (bicyclic) bond motifs is 1. The van der Waals surface area contributed by atoms with Crippen LogP contribution >= 0.6 is 11.8 Å². The summed E-state index contributed by atoms with van der Waals surface area (Å²) in [5.41, 5.74) is 0.116. The number of carbonyl (C=O) groups excluding carboxylic acids is 1. The summed E-state index contributed by atoms with van der Waals surface area (Å²) < 4.78 is 0. The Kier molecular flexibility index (Phi) is 3.17. The normalized spacial score (nSPS) is 22.0. The van der Waals surface area contributed by atoms with Gasteiger partial charge in [0.2, 0.25) is 0 Å². The molecule has 1 aliphatic heterocycles. The number of aliphatic carboxylic acids is 1. The van der Waals surface area contributed by atoms with Crippen LogP contribution in [0.25, 0.3) is 10.9 Å². The van der Waals surface area contributed by atoms with Gasteiger partial charge in [0, 0.05) is 16.7 Å². The van der Waals surface area contributed by atoms with Crippen molar-refractivity contribution in [3.63, 3.8) is 0 Å². The van der Waals surface area contributed by atoms with Crippen LogP contribution in [0.1, 0.15) is 16.9 Å². The molecule has 0 aliphatic carbocycles. The maximum atomic E-state index is 12.3. The van der Waals surface area contributed by atoms with E-state index in [9.17, 15) is 14.7 Å². The molecule has 5 nitrogen and oxygen atoms in total. The molecule has 1 unspecified atom stereocenters. The van der Waals surface area contributed by atoms with Gasteiger partial charge >= 0.3 is 5.97 Å². The second-order valence-electron chi connectivity index (χ2n) is 4.91. The Morgan fingerprint density at radius 2 is 2.15 bits per heavy atom. The number of carboxylic acid groups (broad SMARTS) is 1. The minimum Gasteiger partial charge on any atom is -0.479 e. The minimum absolute atomic E-state index is 0.369. The van der Waals surface area contributed by atoms with Crippen molar-refractivity contribution in [2.45, 2.75) is 12.0 Å². The third kappa shape index (κ3) is 2.16. The Labute approximate surface area is 119 Å². The second-order valence-corrected chi connectivity index (χ2v) is 6.02. The highest BCUT2D eigenvalue weighted by Gasteiger charge is 2.43. The number of aromatic amines is 1. The third-order valence-corrected chi connectivity index (χ3v) is 4.75. The fourth-order valence-corrected chi connectivity index (χ4v) is 3.69. The first-order chi connectivity index (χ1) is 9.61. The highest BCUT2D eigenvalue weighted by atomic mass is 32.2. The first-order valence-electron chi connectivity index (χ1n) is 6.32. The van der Waals surface area contributed by atoms with Crippen LogP contribution in [0.3, 0.4) is 0 Å². The van der Waals surface area contributed by atoms with Gasteiger partial charge in [-0.1, -0.05) is 18.2 Å². The zero-order chi connectivity index (χ0) is 14.2. The molecule has 1 aliphatic rings. The summed E-state index contributed by atoms with van der Waals surface area (Å²) >= 11 is 1.55. The molecule has 0 radical (unpaired) electrons. The van der Waals surface area contributed by atoms with E-state index in [0.29, 0.717) is 17.9 Å². The van der Waals surface area contributed by atoms with E-state index in [0.717, 1.165) is 16.7 Å². The monoisotopic (exact) mass is 290 g/mol. The zero-order valence-corrected chi connectivity index (χ0v) is 11.5. The fourth-order valence-electron chi connectivity index (χ4n) is 2.37.